The summed E-state index contributed by atoms with van der Waals surface area (Å²) in [6.45, 7) is 3.21. The van der Waals surface area contributed by atoms with Crippen LogP contribution in [0.4, 0.5) is 15.8 Å². The number of nitrogens with one attached hydrogen (secondary N) is 1. The summed E-state index contributed by atoms with van der Waals surface area (Å²) in [5.74, 6) is -2.52. The molecule has 0 fully saturated rings. The first-order valence-electron chi connectivity index (χ1n) is 6.06. The van der Waals surface area contributed by atoms with Crippen molar-refractivity contribution in [1.29, 1.82) is 0 Å². The molecule has 0 saturated carbocycles. The van der Waals surface area contributed by atoms with Gasteiger partial charge in [0.2, 0.25) is 5.91 Å². The van der Waals surface area contributed by atoms with Crippen LogP contribution in [0, 0.1) is 21.3 Å². The number of anilines is 1. The lowest BCUT2D eigenvalue weighted by Gasteiger charge is -2.21. The Morgan fingerprint density at radius 3 is 2.48 bits per heavy atom. The molecule has 0 saturated heterocycles. The highest BCUT2D eigenvalue weighted by Crippen LogP contribution is 2.26. The lowest BCUT2D eigenvalue weighted by atomic mass is 9.85. The number of hydrogen-bond acceptors (Lipinski definition) is 4. The lowest BCUT2D eigenvalue weighted by Crippen LogP contribution is -2.25. The van der Waals surface area contributed by atoms with Crippen LogP contribution in [0.3, 0.4) is 0 Å². The van der Waals surface area contributed by atoms with Gasteiger partial charge >= 0.3 is 5.97 Å². The van der Waals surface area contributed by atoms with Crippen molar-refractivity contribution >= 4 is 23.3 Å². The lowest BCUT2D eigenvalue weighted by molar-refractivity contribution is -0.385. The van der Waals surface area contributed by atoms with E-state index in [1.807, 2.05) is 0 Å². The predicted octanol–water partition coefficient (Wildman–Crippen LogP) is 2.56. The monoisotopic (exact) mass is 298 g/mol. The van der Waals surface area contributed by atoms with Gasteiger partial charge in [0, 0.05) is 12.5 Å². The molecular formula is C13H15FN2O5. The summed E-state index contributed by atoms with van der Waals surface area (Å²) in [5, 5.41) is 21.5. The number of nitrogens with zero attached hydrogens (tertiary/aromatic N) is 1. The van der Waals surface area contributed by atoms with Gasteiger partial charge in [0.05, 0.1) is 23.1 Å². The van der Waals surface area contributed by atoms with E-state index in [2.05, 4.69) is 5.32 Å². The molecule has 0 aliphatic carbocycles. The Kier molecular flexibility index (Phi) is 4.96. The molecule has 21 heavy (non-hydrogen) atoms. The third-order valence-electron chi connectivity index (χ3n) is 2.71. The van der Waals surface area contributed by atoms with E-state index in [1.165, 1.54) is 0 Å². The zero-order chi connectivity index (χ0) is 16.2. The van der Waals surface area contributed by atoms with E-state index in [0.717, 1.165) is 12.1 Å². The van der Waals surface area contributed by atoms with E-state index >= 15 is 0 Å². The van der Waals surface area contributed by atoms with E-state index < -0.39 is 33.7 Å². The van der Waals surface area contributed by atoms with Gasteiger partial charge in [0.15, 0.2) is 5.82 Å². The Balaban J connectivity index is 2.75. The quantitative estimate of drug-likeness (QED) is 0.619. The summed E-state index contributed by atoms with van der Waals surface area (Å²) in [4.78, 5) is 32.2. The number of hydrogen-bond donors (Lipinski definition) is 2. The second-order valence-electron chi connectivity index (χ2n) is 5.38. The van der Waals surface area contributed by atoms with Crippen molar-refractivity contribution in [3.63, 3.8) is 0 Å². The minimum atomic E-state index is -1.03. The third-order valence-corrected chi connectivity index (χ3v) is 2.71. The molecule has 0 aromatic heterocycles. The van der Waals surface area contributed by atoms with Crippen molar-refractivity contribution in [3.05, 3.63) is 34.1 Å². The summed E-state index contributed by atoms with van der Waals surface area (Å²) in [7, 11) is 0. The first-order chi connectivity index (χ1) is 9.60. The standard InChI is InChI=1S/C13H15FN2O5/c1-13(2,7-12(18)19)6-11(17)15-10-4-3-8(16(20)21)5-9(10)14/h3-5H,6-7H2,1-2H3,(H,15,17)(H,18,19). The molecule has 0 bridgehead atoms. The van der Waals surface area contributed by atoms with Gasteiger partial charge in [-0.15, -0.1) is 0 Å². The SMILES string of the molecule is CC(C)(CC(=O)O)CC(=O)Nc1ccc([N+](=O)[O-])cc1F. The van der Waals surface area contributed by atoms with Crippen molar-refractivity contribution in [2.45, 2.75) is 26.7 Å². The fraction of sp³-hybridized carbons (Fsp3) is 0.385. The van der Waals surface area contributed by atoms with Crippen molar-refractivity contribution in [1.82, 2.24) is 0 Å². The number of halogens is 1. The van der Waals surface area contributed by atoms with Gasteiger partial charge < -0.3 is 10.4 Å². The van der Waals surface area contributed by atoms with E-state index in [-0.39, 0.29) is 18.5 Å². The Labute approximate surface area is 119 Å². The molecule has 1 aromatic rings. The second kappa shape index (κ2) is 6.29. The number of carbonyl (C=O) groups is 2. The first-order valence-corrected chi connectivity index (χ1v) is 6.06. The average molecular weight is 298 g/mol. The molecular weight excluding hydrogens is 283 g/mol. The molecule has 1 amide bonds. The van der Waals surface area contributed by atoms with Gasteiger partial charge in [-0.05, 0) is 11.5 Å². The van der Waals surface area contributed by atoms with Crippen LogP contribution in [0.15, 0.2) is 18.2 Å². The summed E-state index contributed by atoms with van der Waals surface area (Å²) in [6.07, 6.45) is -0.321. The smallest absolute Gasteiger partial charge is 0.303 e. The summed E-state index contributed by atoms with van der Waals surface area (Å²) < 4.78 is 13.6. The van der Waals surface area contributed by atoms with Crippen molar-refractivity contribution in [2.75, 3.05) is 5.32 Å². The van der Waals surface area contributed by atoms with Crippen LogP contribution in [-0.4, -0.2) is 21.9 Å². The Bertz CT molecular complexity index is 586. The number of non-ortho nitro benzene ring substituents is 1. The van der Waals surface area contributed by atoms with Crippen LogP contribution in [0.25, 0.3) is 0 Å². The molecule has 7 nitrogen and oxygen atoms in total. The highest BCUT2D eigenvalue weighted by molar-refractivity contribution is 5.91. The molecule has 1 aromatic carbocycles. The zero-order valence-electron chi connectivity index (χ0n) is 11.6. The average Bonchev–Trinajstić information content (AvgIpc) is 2.28. The molecule has 2 N–H and O–H groups in total. The van der Waals surface area contributed by atoms with E-state index in [1.54, 1.807) is 13.8 Å². The van der Waals surface area contributed by atoms with Crippen LogP contribution in [0.2, 0.25) is 0 Å². The van der Waals surface area contributed by atoms with E-state index in [9.17, 15) is 24.1 Å². The fourth-order valence-corrected chi connectivity index (χ4v) is 1.82. The molecule has 0 aliphatic rings. The maximum atomic E-state index is 13.6. The number of aliphatic carboxylic acids is 1. The molecule has 0 spiro atoms. The van der Waals surface area contributed by atoms with E-state index in [0.29, 0.717) is 6.07 Å². The molecule has 0 heterocycles. The molecule has 114 valence electrons. The third kappa shape index (κ3) is 5.17. The van der Waals surface area contributed by atoms with Gasteiger partial charge in [-0.25, -0.2) is 4.39 Å². The highest BCUT2D eigenvalue weighted by atomic mass is 19.1. The molecule has 8 heteroatoms. The number of nitro benzene ring substituents is 1. The minimum absolute atomic E-state index is 0.115. The molecule has 0 aliphatic heterocycles. The van der Waals surface area contributed by atoms with Gasteiger partial charge in [0.25, 0.3) is 5.69 Å². The van der Waals surface area contributed by atoms with E-state index in [4.69, 9.17) is 5.11 Å². The van der Waals surface area contributed by atoms with Crippen LogP contribution < -0.4 is 5.32 Å². The maximum Gasteiger partial charge on any atom is 0.303 e. The number of carboxylic acid groups (broad SMARTS) is 1. The number of benzene rings is 1. The number of carbonyl (C=O) groups excluding carboxylic acids is 1. The van der Waals surface area contributed by atoms with Crippen LogP contribution in [0.1, 0.15) is 26.7 Å². The maximum absolute atomic E-state index is 13.6. The molecule has 0 atom stereocenters. The Morgan fingerprint density at radius 2 is 2.00 bits per heavy atom. The highest BCUT2D eigenvalue weighted by Gasteiger charge is 2.25. The van der Waals surface area contributed by atoms with Gasteiger partial charge in [-0.2, -0.15) is 0 Å². The Hall–Kier alpha value is -2.51. The summed E-state index contributed by atoms with van der Waals surface area (Å²) in [5.41, 5.74) is -1.39. The summed E-state index contributed by atoms with van der Waals surface area (Å²) in [6, 6.07) is 2.87. The van der Waals surface area contributed by atoms with Crippen LogP contribution in [0.5, 0.6) is 0 Å². The topological polar surface area (TPSA) is 110 Å². The normalized spacial score (nSPS) is 11.0. The van der Waals surface area contributed by atoms with Crippen LogP contribution in [-0.2, 0) is 9.59 Å². The number of rotatable bonds is 6. The number of carboxylic acids is 1. The van der Waals surface area contributed by atoms with Crippen molar-refractivity contribution in [3.8, 4) is 0 Å². The molecule has 1 rings (SSSR count). The minimum Gasteiger partial charge on any atom is -0.481 e. The largest absolute Gasteiger partial charge is 0.481 e. The zero-order valence-corrected chi connectivity index (χ0v) is 11.6. The first kappa shape index (κ1) is 16.5. The van der Waals surface area contributed by atoms with Gasteiger partial charge in [-0.3, -0.25) is 19.7 Å². The Morgan fingerprint density at radius 1 is 1.38 bits per heavy atom. The number of amides is 1. The number of nitro groups is 1. The molecule has 0 unspecified atom stereocenters. The fourth-order valence-electron chi connectivity index (χ4n) is 1.82. The second-order valence-corrected chi connectivity index (χ2v) is 5.38. The molecule has 0 radical (unpaired) electrons. The summed E-state index contributed by atoms with van der Waals surface area (Å²) >= 11 is 0. The van der Waals surface area contributed by atoms with Crippen LogP contribution >= 0.6 is 0 Å². The van der Waals surface area contributed by atoms with Crippen molar-refractivity contribution in [2.24, 2.45) is 5.41 Å². The van der Waals surface area contributed by atoms with Crippen molar-refractivity contribution < 1.29 is 24.0 Å². The van der Waals surface area contributed by atoms with Gasteiger partial charge in [0.1, 0.15) is 0 Å². The predicted molar refractivity (Wildman–Crippen MR) is 72.3 cm³/mol. The van der Waals surface area contributed by atoms with Gasteiger partial charge in [-0.1, -0.05) is 13.8 Å².